The molecule has 62 heavy (non-hydrogen) atoms. The molecule has 0 bridgehead atoms. The fraction of sp³-hybridized carbons (Fsp3) is 0.489. The molecule has 2 aliphatic rings. The van der Waals surface area contributed by atoms with E-state index in [9.17, 15) is 40.7 Å². The van der Waals surface area contributed by atoms with Crippen molar-refractivity contribution in [2.24, 2.45) is 22.1 Å². The van der Waals surface area contributed by atoms with Crippen LogP contribution in [0.2, 0.25) is 0 Å². The third-order valence-corrected chi connectivity index (χ3v) is 12.8. The van der Waals surface area contributed by atoms with Crippen molar-refractivity contribution in [2.45, 2.75) is 84.3 Å². The molecule has 0 radical (unpaired) electrons. The van der Waals surface area contributed by atoms with Gasteiger partial charge in [0.25, 0.3) is 0 Å². The van der Waals surface area contributed by atoms with Gasteiger partial charge >= 0.3 is 5.97 Å². The molecule has 1 amide bonds. The molecule has 3 aromatic carbocycles. The highest BCUT2D eigenvalue weighted by molar-refractivity contribution is 7.89. The van der Waals surface area contributed by atoms with E-state index in [1.165, 1.54) is 18.2 Å². The number of ether oxygens (including phenoxy) is 2. The summed E-state index contributed by atoms with van der Waals surface area (Å²) >= 11 is 0. The Bertz CT molecular complexity index is 2300. The number of hydrogen-bond acceptors (Lipinski definition) is 10. The van der Waals surface area contributed by atoms with E-state index in [1.54, 1.807) is 26.0 Å². The van der Waals surface area contributed by atoms with Gasteiger partial charge in [0.15, 0.2) is 11.6 Å². The van der Waals surface area contributed by atoms with Gasteiger partial charge in [-0.2, -0.15) is 13.1 Å². The second kappa shape index (κ2) is 19.8. The summed E-state index contributed by atoms with van der Waals surface area (Å²) in [5.41, 5.74) is 7.66. The van der Waals surface area contributed by atoms with Gasteiger partial charge in [0.2, 0.25) is 33.3 Å². The Kier molecular flexibility index (Phi) is 15.4. The third kappa shape index (κ3) is 11.3. The number of aliphatic hydroxyl groups is 1. The predicted octanol–water partition coefficient (Wildman–Crippen LogP) is 7.20. The molecule has 5 rings (SSSR count). The van der Waals surface area contributed by atoms with E-state index in [2.05, 4.69) is 4.99 Å². The molecule has 2 aliphatic heterocycles. The van der Waals surface area contributed by atoms with Gasteiger partial charge in [-0.15, -0.1) is 0 Å². The Morgan fingerprint density at radius 2 is 1.55 bits per heavy atom. The van der Waals surface area contributed by atoms with Crippen LogP contribution in [0.3, 0.4) is 0 Å². The molecular weight excluding hydrogens is 831 g/mol. The number of benzene rings is 3. The second-order valence-corrected chi connectivity index (χ2v) is 19.2. The first-order chi connectivity index (χ1) is 29.1. The topological polar surface area (TPSA) is 155 Å². The summed E-state index contributed by atoms with van der Waals surface area (Å²) < 4.78 is 96.3. The van der Waals surface area contributed by atoms with Gasteiger partial charge in [-0.25, -0.2) is 22.2 Å². The molecule has 12 nitrogen and oxygen atoms in total. The van der Waals surface area contributed by atoms with Gasteiger partial charge in [0.1, 0.15) is 5.84 Å². The molecule has 1 saturated heterocycles. The molecule has 3 N–H and O–H groups in total. The van der Waals surface area contributed by atoms with Crippen LogP contribution in [0, 0.1) is 34.6 Å². The van der Waals surface area contributed by atoms with E-state index in [0.717, 1.165) is 12.8 Å². The van der Waals surface area contributed by atoms with Crippen LogP contribution < -0.4 is 10.5 Å². The van der Waals surface area contributed by atoms with E-state index in [4.69, 9.17) is 15.2 Å². The first-order valence-electron chi connectivity index (χ1n) is 20.7. The molecule has 0 unspecified atom stereocenters. The van der Waals surface area contributed by atoms with Gasteiger partial charge in [0, 0.05) is 75.4 Å². The number of amides is 1. The Morgan fingerprint density at radius 1 is 0.935 bits per heavy atom. The van der Waals surface area contributed by atoms with Crippen LogP contribution in [0.15, 0.2) is 57.9 Å². The van der Waals surface area contributed by atoms with Crippen LogP contribution in [0.5, 0.6) is 5.75 Å². The zero-order valence-corrected chi connectivity index (χ0v) is 37.2. The minimum Gasteiger partial charge on any atom is -0.420 e. The number of carbonyl (C=O) groups excluding carboxylic acids is 2. The lowest BCUT2D eigenvalue weighted by Crippen LogP contribution is -2.51. The van der Waals surface area contributed by atoms with Crippen molar-refractivity contribution >= 4 is 39.5 Å². The van der Waals surface area contributed by atoms with E-state index in [1.807, 2.05) is 61.0 Å². The van der Waals surface area contributed by atoms with Crippen LogP contribution in [-0.4, -0.2) is 104 Å². The third-order valence-electron chi connectivity index (χ3n) is 10.9. The highest BCUT2D eigenvalue weighted by atomic mass is 32.2. The molecule has 17 heteroatoms. The maximum Gasteiger partial charge on any atom is 0.319 e. The molecule has 3 aromatic rings. The first kappa shape index (κ1) is 48.4. The minimum atomic E-state index is -3.99. The number of esters is 1. The van der Waals surface area contributed by atoms with E-state index >= 15 is 0 Å². The smallest absolute Gasteiger partial charge is 0.319 e. The Hall–Kier alpha value is -4.68. The molecule has 1 fully saturated rings. The maximum atomic E-state index is 14.2. The Morgan fingerprint density at radius 3 is 2.16 bits per heavy atom. The standard InChI is InChI=1S/C45H57F4N5O7S/c1-8-15-53(16-9-2)42(56)33-18-31-12-10-29(19-36(31)51-38(50)21-33)30-11-13-32(37(20-30)62(58,59)54-23-28(24-54)26-55)25-52(7)17-14-45(5,6)60-27-44(3,4)43(57)61-41-39(48)34(46)22-35(47)40(41)49/h10-13,18-20,22,28,55H,8-9,14-17,21,23-27H2,1-7H3,(H2,50,51). The molecule has 0 aromatic heterocycles. The van der Waals surface area contributed by atoms with Crippen LogP contribution in [0.25, 0.3) is 17.2 Å². The summed E-state index contributed by atoms with van der Waals surface area (Å²) in [5.74, 6) is -9.68. The van der Waals surface area contributed by atoms with Gasteiger partial charge in [0.05, 0.1) is 28.2 Å². The number of fused-ring (bicyclic) bond motifs is 1. The number of rotatable bonds is 19. The van der Waals surface area contributed by atoms with Gasteiger partial charge < -0.3 is 30.1 Å². The summed E-state index contributed by atoms with van der Waals surface area (Å²) in [5, 5.41) is 9.64. The van der Waals surface area contributed by atoms with E-state index in [-0.39, 0.29) is 67.9 Å². The zero-order chi connectivity index (χ0) is 45.7. The monoisotopic (exact) mass is 887 g/mol. The lowest BCUT2D eigenvalue weighted by Gasteiger charge is -2.37. The van der Waals surface area contributed by atoms with Gasteiger partial charge in [-0.1, -0.05) is 38.1 Å². The number of halogens is 4. The highest BCUT2D eigenvalue weighted by Gasteiger charge is 2.38. The van der Waals surface area contributed by atoms with Gasteiger partial charge in [-0.3, -0.25) is 9.59 Å². The number of hydrogen-bond donors (Lipinski definition) is 2. The number of aliphatic imine (C=N–C) groups is 1. The molecule has 338 valence electrons. The van der Waals surface area contributed by atoms with Crippen molar-refractivity contribution in [3.63, 3.8) is 0 Å². The van der Waals surface area contributed by atoms with Crippen LogP contribution >= 0.6 is 0 Å². The first-order valence-corrected chi connectivity index (χ1v) is 22.1. The minimum absolute atomic E-state index is 0.0164. The van der Waals surface area contributed by atoms with Crippen LogP contribution in [-0.2, 0) is 30.9 Å². The van der Waals surface area contributed by atoms with E-state index in [0.29, 0.717) is 59.6 Å². The Balaban J connectivity index is 1.33. The van der Waals surface area contributed by atoms with Crippen molar-refractivity contribution in [3.05, 3.63) is 82.4 Å². The fourth-order valence-corrected chi connectivity index (χ4v) is 8.88. The molecule has 0 saturated carbocycles. The van der Waals surface area contributed by atoms with Crippen molar-refractivity contribution in [2.75, 3.05) is 53.0 Å². The SMILES string of the molecule is CCCN(CCC)C(=O)C1=Cc2ccc(-c3ccc(CN(C)CCC(C)(C)OCC(C)(C)C(=O)Oc4c(F)c(F)cc(F)c4F)c(S(=O)(=O)N4CC(CO)C4)c3)cc2N=C(N)C1. The average molecular weight is 888 g/mol. The van der Waals surface area contributed by atoms with Crippen molar-refractivity contribution in [3.8, 4) is 16.9 Å². The number of nitrogens with zero attached hydrogens (tertiary/aromatic N) is 4. The lowest BCUT2D eigenvalue weighted by molar-refractivity contribution is -0.152. The number of carbonyl (C=O) groups is 2. The molecule has 0 atom stereocenters. The van der Waals surface area contributed by atoms with Gasteiger partial charge in [-0.05, 0) is 88.9 Å². The largest absolute Gasteiger partial charge is 0.420 e. The summed E-state index contributed by atoms with van der Waals surface area (Å²) in [7, 11) is -2.17. The molecule has 2 heterocycles. The van der Waals surface area contributed by atoms with Crippen LogP contribution in [0.1, 0.15) is 78.4 Å². The summed E-state index contributed by atoms with van der Waals surface area (Å²) in [6, 6.07) is 10.8. The predicted molar refractivity (Wildman–Crippen MR) is 229 cm³/mol. The quantitative estimate of drug-likeness (QED) is 0.0551. The van der Waals surface area contributed by atoms with Crippen molar-refractivity contribution in [1.29, 1.82) is 0 Å². The number of sulfonamides is 1. The van der Waals surface area contributed by atoms with E-state index < -0.39 is 56.0 Å². The lowest BCUT2D eigenvalue weighted by atomic mass is 9.94. The molecule has 0 aliphatic carbocycles. The summed E-state index contributed by atoms with van der Waals surface area (Å²) in [6.07, 6.45) is 4.07. The van der Waals surface area contributed by atoms with Crippen LogP contribution in [0.4, 0.5) is 23.2 Å². The zero-order valence-electron chi connectivity index (χ0n) is 36.4. The maximum absolute atomic E-state index is 14.2. The molecule has 0 spiro atoms. The molecular formula is C45H57F4N5O7S. The fourth-order valence-electron chi connectivity index (χ4n) is 7.05. The second-order valence-electron chi connectivity index (χ2n) is 17.3. The summed E-state index contributed by atoms with van der Waals surface area (Å²) in [6.45, 7) is 12.3. The van der Waals surface area contributed by atoms with Crippen molar-refractivity contribution in [1.82, 2.24) is 14.1 Å². The Labute approximate surface area is 361 Å². The van der Waals surface area contributed by atoms with Crippen molar-refractivity contribution < 1.29 is 50.1 Å². The average Bonchev–Trinajstić information content (AvgIpc) is 3.37. The number of amidine groups is 1. The normalized spacial score (nSPS) is 15.1. The summed E-state index contributed by atoms with van der Waals surface area (Å²) in [4.78, 5) is 34.9. The number of aliphatic hydroxyl groups excluding tert-OH is 1. The highest BCUT2D eigenvalue weighted by Crippen LogP contribution is 2.36. The number of nitrogens with two attached hydrogens (primary N) is 1.